The SMILES string of the molecule is Cc1c(C(=O)N2CCCc3ccccc32)cccc1N(C)S(C)(=O)=O. The normalized spacial score (nSPS) is 14.1. The molecule has 0 unspecified atom stereocenters. The summed E-state index contributed by atoms with van der Waals surface area (Å²) in [6.07, 6.45) is 3.04. The van der Waals surface area contributed by atoms with Crippen molar-refractivity contribution in [3.63, 3.8) is 0 Å². The summed E-state index contributed by atoms with van der Waals surface area (Å²) in [4.78, 5) is 15.0. The van der Waals surface area contributed by atoms with E-state index in [1.165, 1.54) is 16.9 Å². The molecule has 2 aromatic carbocycles. The van der Waals surface area contributed by atoms with E-state index in [1.54, 1.807) is 30.0 Å². The van der Waals surface area contributed by atoms with Crippen LogP contribution in [0, 0.1) is 6.92 Å². The molecule has 5 nitrogen and oxygen atoms in total. The third-order valence-corrected chi connectivity index (χ3v) is 5.92. The summed E-state index contributed by atoms with van der Waals surface area (Å²) in [7, 11) is -1.88. The van der Waals surface area contributed by atoms with Crippen LogP contribution in [0.25, 0.3) is 0 Å². The number of amides is 1. The quantitative estimate of drug-likeness (QED) is 0.847. The van der Waals surface area contributed by atoms with Gasteiger partial charge in [-0.1, -0.05) is 24.3 Å². The van der Waals surface area contributed by atoms with Crippen molar-refractivity contribution >= 4 is 27.3 Å². The smallest absolute Gasteiger partial charge is 0.258 e. The van der Waals surface area contributed by atoms with E-state index < -0.39 is 10.0 Å². The van der Waals surface area contributed by atoms with Gasteiger partial charge in [0.25, 0.3) is 5.91 Å². The lowest BCUT2D eigenvalue weighted by Crippen LogP contribution is -2.36. The minimum atomic E-state index is -3.39. The molecule has 2 aromatic rings. The number of sulfonamides is 1. The number of fused-ring (bicyclic) bond motifs is 1. The molecule has 1 amide bonds. The first-order valence-corrected chi connectivity index (χ1v) is 10.1. The Morgan fingerprint density at radius 1 is 1.12 bits per heavy atom. The third-order valence-electron chi connectivity index (χ3n) is 4.73. The molecule has 1 aliphatic heterocycles. The molecule has 132 valence electrons. The molecule has 0 saturated carbocycles. The van der Waals surface area contributed by atoms with Gasteiger partial charge in [-0.3, -0.25) is 9.10 Å². The van der Waals surface area contributed by atoms with Crippen LogP contribution < -0.4 is 9.21 Å². The fraction of sp³-hybridized carbons (Fsp3) is 0.316. The second kappa shape index (κ2) is 6.52. The highest BCUT2D eigenvalue weighted by Crippen LogP contribution is 2.30. The number of carbonyl (C=O) groups excluding carboxylic acids is 1. The molecule has 0 N–H and O–H groups in total. The van der Waals surface area contributed by atoms with Gasteiger partial charge >= 0.3 is 0 Å². The van der Waals surface area contributed by atoms with E-state index in [-0.39, 0.29) is 5.91 Å². The van der Waals surface area contributed by atoms with Gasteiger partial charge in [-0.15, -0.1) is 0 Å². The van der Waals surface area contributed by atoms with Crippen molar-refractivity contribution in [1.29, 1.82) is 0 Å². The molecule has 0 spiro atoms. The van der Waals surface area contributed by atoms with Crippen LogP contribution in [-0.4, -0.2) is 34.2 Å². The van der Waals surface area contributed by atoms with Crippen molar-refractivity contribution in [3.8, 4) is 0 Å². The number of carbonyl (C=O) groups is 1. The highest BCUT2D eigenvalue weighted by Gasteiger charge is 2.26. The van der Waals surface area contributed by atoms with Gasteiger partial charge in [0.15, 0.2) is 0 Å². The Labute approximate surface area is 148 Å². The average molecular weight is 358 g/mol. The summed E-state index contributed by atoms with van der Waals surface area (Å²) >= 11 is 0. The van der Waals surface area contributed by atoms with E-state index in [4.69, 9.17) is 0 Å². The molecule has 3 rings (SSSR count). The van der Waals surface area contributed by atoms with Gasteiger partial charge in [-0.05, 0) is 49.1 Å². The number of rotatable bonds is 3. The van der Waals surface area contributed by atoms with E-state index in [0.29, 0.717) is 23.4 Å². The molecular weight excluding hydrogens is 336 g/mol. The maximum atomic E-state index is 13.2. The van der Waals surface area contributed by atoms with Gasteiger partial charge in [0.05, 0.1) is 11.9 Å². The van der Waals surface area contributed by atoms with Gasteiger partial charge in [-0.25, -0.2) is 8.42 Å². The summed E-state index contributed by atoms with van der Waals surface area (Å²) in [5, 5.41) is 0. The van der Waals surface area contributed by atoms with Crippen molar-refractivity contribution in [2.24, 2.45) is 0 Å². The summed E-state index contributed by atoms with van der Waals surface area (Å²) in [6.45, 7) is 2.46. The van der Waals surface area contributed by atoms with Gasteiger partial charge in [0, 0.05) is 24.8 Å². The lowest BCUT2D eigenvalue weighted by molar-refractivity contribution is 0.0984. The number of hydrogen-bond donors (Lipinski definition) is 0. The second-order valence-electron chi connectivity index (χ2n) is 6.37. The lowest BCUT2D eigenvalue weighted by atomic mass is 9.99. The van der Waals surface area contributed by atoms with Gasteiger partial charge in [-0.2, -0.15) is 0 Å². The van der Waals surface area contributed by atoms with Crippen molar-refractivity contribution in [1.82, 2.24) is 0 Å². The number of nitrogens with zero attached hydrogens (tertiary/aromatic N) is 2. The first-order chi connectivity index (χ1) is 11.8. The maximum absolute atomic E-state index is 13.2. The van der Waals surface area contributed by atoms with Crippen molar-refractivity contribution in [2.45, 2.75) is 19.8 Å². The molecule has 1 heterocycles. The molecule has 25 heavy (non-hydrogen) atoms. The van der Waals surface area contributed by atoms with Crippen molar-refractivity contribution in [3.05, 3.63) is 59.2 Å². The second-order valence-corrected chi connectivity index (χ2v) is 8.38. The Morgan fingerprint density at radius 3 is 2.56 bits per heavy atom. The number of anilines is 2. The van der Waals surface area contributed by atoms with Crippen LogP contribution in [0.1, 0.15) is 27.9 Å². The van der Waals surface area contributed by atoms with Crippen LogP contribution >= 0.6 is 0 Å². The average Bonchev–Trinajstić information content (AvgIpc) is 2.59. The fourth-order valence-corrected chi connectivity index (χ4v) is 3.82. The molecule has 0 aliphatic carbocycles. The Bertz CT molecular complexity index is 922. The number of benzene rings is 2. The van der Waals surface area contributed by atoms with Gasteiger partial charge < -0.3 is 4.90 Å². The Hall–Kier alpha value is -2.34. The minimum absolute atomic E-state index is 0.0894. The fourth-order valence-electron chi connectivity index (χ4n) is 3.26. The van der Waals surface area contributed by atoms with E-state index in [0.717, 1.165) is 24.8 Å². The standard InChI is InChI=1S/C19H22N2O3S/c1-14-16(10-6-12-17(14)20(2)25(3,23)24)19(22)21-13-7-9-15-8-4-5-11-18(15)21/h4-6,8,10-12H,7,9,13H2,1-3H3. The zero-order valence-corrected chi connectivity index (χ0v) is 15.5. The molecule has 0 aromatic heterocycles. The van der Waals surface area contributed by atoms with Crippen LogP contribution in [0.4, 0.5) is 11.4 Å². The highest BCUT2D eigenvalue weighted by molar-refractivity contribution is 7.92. The molecule has 0 saturated heterocycles. The monoisotopic (exact) mass is 358 g/mol. The van der Waals surface area contributed by atoms with E-state index in [1.807, 2.05) is 18.2 Å². The topological polar surface area (TPSA) is 57.7 Å². The maximum Gasteiger partial charge on any atom is 0.258 e. The predicted molar refractivity (Wildman–Crippen MR) is 101 cm³/mol. The van der Waals surface area contributed by atoms with E-state index in [2.05, 4.69) is 6.07 Å². The Kier molecular flexibility index (Phi) is 4.56. The van der Waals surface area contributed by atoms with Crippen LogP contribution in [0.3, 0.4) is 0 Å². The van der Waals surface area contributed by atoms with Crippen LogP contribution in [0.15, 0.2) is 42.5 Å². The Balaban J connectivity index is 2.02. The molecule has 1 aliphatic rings. The zero-order valence-electron chi connectivity index (χ0n) is 14.7. The molecule has 0 radical (unpaired) electrons. The first-order valence-electron chi connectivity index (χ1n) is 8.24. The summed E-state index contributed by atoms with van der Waals surface area (Å²) in [5.74, 6) is -0.0894. The molecule has 6 heteroatoms. The third kappa shape index (κ3) is 3.26. The van der Waals surface area contributed by atoms with Gasteiger partial charge in [0.1, 0.15) is 0 Å². The lowest BCUT2D eigenvalue weighted by Gasteiger charge is -2.30. The minimum Gasteiger partial charge on any atom is -0.308 e. The highest BCUT2D eigenvalue weighted by atomic mass is 32.2. The predicted octanol–water partition coefficient (Wildman–Crippen LogP) is 2.98. The van der Waals surface area contributed by atoms with E-state index in [9.17, 15) is 13.2 Å². The zero-order chi connectivity index (χ0) is 18.2. The Morgan fingerprint density at radius 2 is 1.84 bits per heavy atom. The van der Waals surface area contributed by atoms with E-state index >= 15 is 0 Å². The number of para-hydroxylation sites is 1. The van der Waals surface area contributed by atoms with Crippen LogP contribution in [0.5, 0.6) is 0 Å². The molecule has 0 atom stereocenters. The first kappa shape index (κ1) is 17.5. The molecule has 0 bridgehead atoms. The van der Waals surface area contributed by atoms with Crippen LogP contribution in [0.2, 0.25) is 0 Å². The number of hydrogen-bond acceptors (Lipinski definition) is 3. The molecular formula is C19H22N2O3S. The summed E-state index contributed by atoms with van der Waals surface area (Å²) < 4.78 is 24.9. The van der Waals surface area contributed by atoms with Crippen molar-refractivity contribution in [2.75, 3.05) is 29.1 Å². The summed E-state index contributed by atoms with van der Waals surface area (Å²) in [5.41, 5.74) is 3.84. The largest absolute Gasteiger partial charge is 0.308 e. The number of aryl methyl sites for hydroxylation is 1. The van der Waals surface area contributed by atoms with Gasteiger partial charge in [0.2, 0.25) is 10.0 Å². The molecule has 0 fully saturated rings. The van der Waals surface area contributed by atoms with Crippen molar-refractivity contribution < 1.29 is 13.2 Å². The van der Waals surface area contributed by atoms with Crippen LogP contribution in [-0.2, 0) is 16.4 Å². The summed E-state index contributed by atoms with van der Waals surface area (Å²) in [6, 6.07) is 13.1.